The molecule has 0 bridgehead atoms. The van der Waals surface area contributed by atoms with E-state index in [2.05, 4.69) is 4.98 Å². The molecule has 3 N–H and O–H groups in total. The van der Waals surface area contributed by atoms with Crippen LogP contribution in [0.1, 0.15) is 18.7 Å². The fourth-order valence-electron chi connectivity index (χ4n) is 1.30. The van der Waals surface area contributed by atoms with Crippen molar-refractivity contribution in [1.29, 1.82) is 0 Å². The summed E-state index contributed by atoms with van der Waals surface area (Å²) in [5, 5.41) is 8.92. The highest BCUT2D eigenvalue weighted by molar-refractivity contribution is 7.91. The quantitative estimate of drug-likeness (QED) is 0.693. The molecule has 1 aromatic heterocycles. The highest BCUT2D eigenvalue weighted by Crippen LogP contribution is 2.09. The van der Waals surface area contributed by atoms with Crippen molar-refractivity contribution in [2.45, 2.75) is 19.5 Å². The third kappa shape index (κ3) is 3.29. The molecule has 1 heterocycles. The van der Waals surface area contributed by atoms with Gasteiger partial charge >= 0.3 is 0 Å². The van der Waals surface area contributed by atoms with Gasteiger partial charge in [0.2, 0.25) is 0 Å². The molecule has 0 fully saturated rings. The van der Waals surface area contributed by atoms with Crippen molar-refractivity contribution >= 4 is 9.84 Å². The van der Waals surface area contributed by atoms with Gasteiger partial charge in [-0.05, 0) is 0 Å². The Morgan fingerprint density at radius 3 is 2.88 bits per heavy atom. The highest BCUT2D eigenvalue weighted by atomic mass is 32.2. The second kappa shape index (κ2) is 5.42. The minimum Gasteiger partial charge on any atom is -0.394 e. The summed E-state index contributed by atoms with van der Waals surface area (Å²) < 4.78 is 24.3. The van der Waals surface area contributed by atoms with E-state index in [9.17, 15) is 8.42 Å². The lowest BCUT2D eigenvalue weighted by atomic mass is 10.2. The molecular weight excluding hydrogens is 230 g/mol. The zero-order valence-electron chi connectivity index (χ0n) is 9.20. The number of nitrogens with two attached hydrogens (primary N) is 1. The molecule has 1 unspecified atom stereocenters. The number of aliphatic hydroxyl groups is 1. The van der Waals surface area contributed by atoms with Crippen molar-refractivity contribution in [3.63, 3.8) is 0 Å². The van der Waals surface area contributed by atoms with Gasteiger partial charge < -0.3 is 15.4 Å². The van der Waals surface area contributed by atoms with E-state index in [1.807, 2.05) is 0 Å². The highest BCUT2D eigenvalue weighted by Gasteiger charge is 2.13. The number of aryl methyl sites for hydroxylation is 1. The average Bonchev–Trinajstić information content (AvgIpc) is 2.73. The molecule has 0 spiro atoms. The first-order valence-corrected chi connectivity index (χ1v) is 6.89. The molecular formula is C9H17N3O3S. The standard InChI is InChI=1S/C9H17N3O3S/c1-2-16(14,15)4-3-12-7-11-5-9(12)8(10)6-13/h5,7-8,13H,2-4,6,10H2,1H3. The smallest absolute Gasteiger partial charge is 0.151 e. The van der Waals surface area contributed by atoms with Gasteiger partial charge in [-0.15, -0.1) is 0 Å². The van der Waals surface area contributed by atoms with Gasteiger partial charge in [-0.25, -0.2) is 13.4 Å². The van der Waals surface area contributed by atoms with Gasteiger partial charge in [-0.2, -0.15) is 0 Å². The Labute approximate surface area is 95.0 Å². The van der Waals surface area contributed by atoms with Crippen molar-refractivity contribution in [2.75, 3.05) is 18.1 Å². The number of rotatable bonds is 6. The van der Waals surface area contributed by atoms with Crippen LogP contribution in [0, 0.1) is 0 Å². The normalized spacial score (nSPS) is 13.9. The molecule has 16 heavy (non-hydrogen) atoms. The van der Waals surface area contributed by atoms with Crippen LogP contribution in [-0.4, -0.2) is 41.2 Å². The molecule has 1 rings (SSSR count). The number of aromatic nitrogens is 2. The van der Waals surface area contributed by atoms with Crippen LogP contribution in [0.5, 0.6) is 0 Å². The zero-order valence-corrected chi connectivity index (χ0v) is 10.0. The second-order valence-corrected chi connectivity index (χ2v) is 6.01. The fourth-order valence-corrected chi connectivity index (χ4v) is 2.07. The molecule has 0 aromatic carbocycles. The van der Waals surface area contributed by atoms with Gasteiger partial charge in [0, 0.05) is 18.5 Å². The minimum absolute atomic E-state index is 0.0605. The number of hydrogen-bond acceptors (Lipinski definition) is 5. The molecule has 0 aliphatic heterocycles. The van der Waals surface area contributed by atoms with Crippen LogP contribution in [0.25, 0.3) is 0 Å². The molecule has 1 atom stereocenters. The largest absolute Gasteiger partial charge is 0.394 e. The Morgan fingerprint density at radius 1 is 1.62 bits per heavy atom. The van der Waals surface area contributed by atoms with Crippen LogP contribution in [-0.2, 0) is 16.4 Å². The third-order valence-corrected chi connectivity index (χ3v) is 4.09. The summed E-state index contributed by atoms with van der Waals surface area (Å²) in [6.45, 7) is 1.75. The maximum atomic E-state index is 11.3. The van der Waals surface area contributed by atoms with Crippen molar-refractivity contribution in [3.05, 3.63) is 18.2 Å². The van der Waals surface area contributed by atoms with Gasteiger partial charge in [-0.1, -0.05) is 6.92 Å². The first kappa shape index (κ1) is 13.1. The molecule has 0 amide bonds. The number of sulfone groups is 1. The van der Waals surface area contributed by atoms with Gasteiger partial charge in [0.1, 0.15) is 0 Å². The Kier molecular flexibility index (Phi) is 4.45. The summed E-state index contributed by atoms with van der Waals surface area (Å²) >= 11 is 0. The van der Waals surface area contributed by atoms with E-state index >= 15 is 0 Å². The van der Waals surface area contributed by atoms with Crippen molar-refractivity contribution in [2.24, 2.45) is 5.73 Å². The first-order valence-electron chi connectivity index (χ1n) is 5.07. The number of aliphatic hydroxyl groups excluding tert-OH is 1. The predicted molar refractivity (Wildman–Crippen MR) is 60.6 cm³/mol. The first-order chi connectivity index (χ1) is 7.50. The molecule has 0 aliphatic carbocycles. The monoisotopic (exact) mass is 247 g/mol. The predicted octanol–water partition coefficient (Wildman–Crippen LogP) is -0.690. The SMILES string of the molecule is CCS(=O)(=O)CCn1cncc1C(N)CO. The number of nitrogens with zero attached hydrogens (tertiary/aromatic N) is 2. The lowest BCUT2D eigenvalue weighted by Gasteiger charge is -2.12. The Balaban J connectivity index is 2.72. The van der Waals surface area contributed by atoms with E-state index in [1.165, 1.54) is 6.33 Å². The summed E-state index contributed by atoms with van der Waals surface area (Å²) in [6, 6.07) is -0.521. The van der Waals surface area contributed by atoms with E-state index in [0.29, 0.717) is 12.2 Å². The molecule has 0 saturated carbocycles. The summed E-state index contributed by atoms with van der Waals surface area (Å²) in [7, 11) is -3.00. The molecule has 6 nitrogen and oxygen atoms in total. The lowest BCUT2D eigenvalue weighted by Crippen LogP contribution is -2.21. The van der Waals surface area contributed by atoms with Crippen LogP contribution in [0.15, 0.2) is 12.5 Å². The van der Waals surface area contributed by atoms with Crippen molar-refractivity contribution in [3.8, 4) is 0 Å². The van der Waals surface area contributed by atoms with E-state index in [4.69, 9.17) is 10.8 Å². The molecule has 7 heteroatoms. The molecule has 0 radical (unpaired) electrons. The summed E-state index contributed by atoms with van der Waals surface area (Å²) in [6.07, 6.45) is 3.06. The lowest BCUT2D eigenvalue weighted by molar-refractivity contribution is 0.263. The van der Waals surface area contributed by atoms with E-state index < -0.39 is 15.9 Å². The second-order valence-electron chi connectivity index (χ2n) is 3.54. The maximum absolute atomic E-state index is 11.3. The Morgan fingerprint density at radius 2 is 2.31 bits per heavy atom. The van der Waals surface area contributed by atoms with Gasteiger partial charge in [0.05, 0.1) is 30.4 Å². The van der Waals surface area contributed by atoms with Gasteiger partial charge in [-0.3, -0.25) is 0 Å². The maximum Gasteiger partial charge on any atom is 0.151 e. The van der Waals surface area contributed by atoms with E-state index in [-0.39, 0.29) is 18.1 Å². The van der Waals surface area contributed by atoms with Gasteiger partial charge in [0.25, 0.3) is 0 Å². The summed E-state index contributed by atoms with van der Waals surface area (Å²) in [5.41, 5.74) is 6.30. The Hall–Kier alpha value is -0.920. The van der Waals surface area contributed by atoms with Crippen LogP contribution < -0.4 is 5.73 Å². The minimum atomic E-state index is -3.00. The van der Waals surface area contributed by atoms with Crippen LogP contribution >= 0.6 is 0 Å². The fraction of sp³-hybridized carbons (Fsp3) is 0.667. The van der Waals surface area contributed by atoms with Gasteiger partial charge in [0.15, 0.2) is 9.84 Å². The zero-order chi connectivity index (χ0) is 12.2. The number of hydrogen-bond donors (Lipinski definition) is 2. The molecule has 92 valence electrons. The van der Waals surface area contributed by atoms with Crippen molar-refractivity contribution < 1.29 is 13.5 Å². The molecule has 0 saturated heterocycles. The van der Waals surface area contributed by atoms with Crippen LogP contribution in [0.3, 0.4) is 0 Å². The Bertz CT molecular complexity index is 427. The topological polar surface area (TPSA) is 98.2 Å². The molecule has 0 aliphatic rings. The van der Waals surface area contributed by atoms with Crippen LogP contribution in [0.4, 0.5) is 0 Å². The van der Waals surface area contributed by atoms with E-state index in [0.717, 1.165) is 0 Å². The summed E-state index contributed by atoms with van der Waals surface area (Å²) in [4.78, 5) is 3.89. The van der Waals surface area contributed by atoms with Crippen LogP contribution in [0.2, 0.25) is 0 Å². The van der Waals surface area contributed by atoms with Crippen molar-refractivity contribution in [1.82, 2.24) is 9.55 Å². The average molecular weight is 247 g/mol. The number of imidazole rings is 1. The summed E-state index contributed by atoms with van der Waals surface area (Å²) in [5.74, 6) is 0.189. The van der Waals surface area contributed by atoms with E-state index in [1.54, 1.807) is 17.7 Å². The molecule has 1 aromatic rings. The third-order valence-electron chi connectivity index (χ3n) is 2.40.